The van der Waals surface area contributed by atoms with E-state index in [-0.39, 0.29) is 5.60 Å². The van der Waals surface area contributed by atoms with E-state index in [0.717, 1.165) is 29.6 Å². The number of benzene rings is 1. The predicted molar refractivity (Wildman–Crippen MR) is 87.4 cm³/mol. The number of ether oxygens (including phenoxy) is 2. The van der Waals surface area contributed by atoms with Crippen molar-refractivity contribution in [3.05, 3.63) is 28.2 Å². The number of methoxy groups -OCH3 is 2. The molecular formula is C16H26BrNO2. The Morgan fingerprint density at radius 1 is 1.30 bits per heavy atom. The van der Waals surface area contributed by atoms with Gasteiger partial charge in [0.2, 0.25) is 0 Å². The summed E-state index contributed by atoms with van der Waals surface area (Å²) >= 11 is 3.64. The molecule has 1 unspecified atom stereocenters. The molecular weight excluding hydrogens is 318 g/mol. The Morgan fingerprint density at radius 3 is 2.55 bits per heavy atom. The molecule has 0 aliphatic carbocycles. The number of halogens is 1. The first-order valence-corrected chi connectivity index (χ1v) is 7.84. The molecule has 1 aromatic rings. The Hall–Kier alpha value is -0.580. The van der Waals surface area contributed by atoms with Crippen LogP contribution in [-0.2, 0) is 4.74 Å². The molecule has 1 rings (SSSR count). The summed E-state index contributed by atoms with van der Waals surface area (Å²) < 4.78 is 12.0. The summed E-state index contributed by atoms with van der Waals surface area (Å²) in [5, 5.41) is 3.55. The second-order valence-electron chi connectivity index (χ2n) is 5.50. The van der Waals surface area contributed by atoms with E-state index in [1.165, 1.54) is 5.56 Å². The van der Waals surface area contributed by atoms with Crippen molar-refractivity contribution in [2.75, 3.05) is 20.8 Å². The molecule has 0 spiro atoms. The number of hydrogen-bond acceptors (Lipinski definition) is 3. The van der Waals surface area contributed by atoms with Crippen LogP contribution in [0.4, 0.5) is 0 Å². The third-order valence-corrected chi connectivity index (χ3v) is 4.34. The highest BCUT2D eigenvalue weighted by molar-refractivity contribution is 9.10. The maximum Gasteiger partial charge on any atom is 0.119 e. The molecule has 0 radical (unpaired) electrons. The van der Waals surface area contributed by atoms with E-state index in [9.17, 15) is 0 Å². The Balaban J connectivity index is 2.90. The van der Waals surface area contributed by atoms with E-state index < -0.39 is 0 Å². The highest BCUT2D eigenvalue weighted by atomic mass is 79.9. The fourth-order valence-corrected chi connectivity index (χ4v) is 2.65. The fraction of sp³-hybridized carbons (Fsp3) is 0.625. The van der Waals surface area contributed by atoms with Gasteiger partial charge in [0.25, 0.3) is 0 Å². The van der Waals surface area contributed by atoms with Gasteiger partial charge in [-0.3, -0.25) is 0 Å². The van der Waals surface area contributed by atoms with E-state index in [0.29, 0.717) is 6.04 Å². The zero-order valence-corrected chi connectivity index (χ0v) is 14.7. The fourth-order valence-electron chi connectivity index (χ4n) is 2.12. The lowest BCUT2D eigenvalue weighted by Gasteiger charge is -2.27. The van der Waals surface area contributed by atoms with Gasteiger partial charge in [-0.2, -0.15) is 0 Å². The van der Waals surface area contributed by atoms with E-state index in [1.54, 1.807) is 14.2 Å². The van der Waals surface area contributed by atoms with Crippen molar-refractivity contribution >= 4 is 15.9 Å². The van der Waals surface area contributed by atoms with Gasteiger partial charge in [-0.15, -0.1) is 0 Å². The number of rotatable bonds is 8. The van der Waals surface area contributed by atoms with Gasteiger partial charge in [-0.1, -0.05) is 22.9 Å². The summed E-state index contributed by atoms with van der Waals surface area (Å²) in [5.74, 6) is 0.886. The van der Waals surface area contributed by atoms with Gasteiger partial charge >= 0.3 is 0 Å². The Kier molecular flexibility index (Phi) is 7.00. The minimum absolute atomic E-state index is 0.0982. The highest BCUT2D eigenvalue weighted by Gasteiger charge is 2.21. The molecule has 0 fully saturated rings. The molecule has 3 nitrogen and oxygen atoms in total. The van der Waals surface area contributed by atoms with Gasteiger partial charge in [0.1, 0.15) is 5.75 Å². The van der Waals surface area contributed by atoms with Crippen molar-refractivity contribution in [1.82, 2.24) is 5.32 Å². The normalized spacial score (nSPS) is 13.3. The van der Waals surface area contributed by atoms with Crippen LogP contribution in [-0.4, -0.2) is 26.4 Å². The predicted octanol–water partition coefficient (Wildman–Crippen LogP) is 4.31. The summed E-state index contributed by atoms with van der Waals surface area (Å²) in [6.07, 6.45) is 2.01. The van der Waals surface area contributed by atoms with Crippen LogP contribution in [0, 0.1) is 0 Å². The lowest BCUT2D eigenvalue weighted by molar-refractivity contribution is 0.0117. The molecule has 114 valence electrons. The van der Waals surface area contributed by atoms with Crippen molar-refractivity contribution in [2.45, 2.75) is 45.3 Å². The van der Waals surface area contributed by atoms with Gasteiger partial charge in [-0.25, -0.2) is 0 Å². The summed E-state index contributed by atoms with van der Waals surface area (Å²) in [4.78, 5) is 0. The van der Waals surface area contributed by atoms with E-state index in [2.05, 4.69) is 48.1 Å². The van der Waals surface area contributed by atoms with Crippen LogP contribution >= 0.6 is 15.9 Å². The van der Waals surface area contributed by atoms with Gasteiger partial charge < -0.3 is 14.8 Å². The van der Waals surface area contributed by atoms with Gasteiger partial charge in [-0.05, 0) is 57.0 Å². The van der Waals surface area contributed by atoms with Crippen molar-refractivity contribution in [2.24, 2.45) is 0 Å². The molecule has 4 heteroatoms. The first-order chi connectivity index (χ1) is 9.43. The van der Waals surface area contributed by atoms with Crippen LogP contribution in [0.1, 0.15) is 45.2 Å². The third kappa shape index (κ3) is 5.08. The number of hydrogen-bond donors (Lipinski definition) is 1. The summed E-state index contributed by atoms with van der Waals surface area (Å²) in [6.45, 7) is 7.30. The molecule has 1 N–H and O–H groups in total. The number of nitrogens with one attached hydrogen (secondary N) is 1. The van der Waals surface area contributed by atoms with Crippen LogP contribution in [0.25, 0.3) is 0 Å². The molecule has 0 heterocycles. The van der Waals surface area contributed by atoms with Crippen LogP contribution < -0.4 is 10.1 Å². The second-order valence-corrected chi connectivity index (χ2v) is 6.35. The molecule has 1 aromatic carbocycles. The Bertz CT molecular complexity index is 421. The first-order valence-electron chi connectivity index (χ1n) is 7.05. The summed E-state index contributed by atoms with van der Waals surface area (Å²) in [7, 11) is 3.47. The van der Waals surface area contributed by atoms with Crippen LogP contribution in [0.15, 0.2) is 22.7 Å². The molecule has 0 saturated carbocycles. The molecule has 0 amide bonds. The topological polar surface area (TPSA) is 30.5 Å². The Labute approximate surface area is 131 Å². The minimum Gasteiger partial charge on any atom is -0.497 e. The Morgan fingerprint density at radius 2 is 2.00 bits per heavy atom. The lowest BCUT2D eigenvalue weighted by atomic mass is 9.94. The third-order valence-electron chi connectivity index (χ3n) is 3.62. The molecule has 20 heavy (non-hydrogen) atoms. The van der Waals surface area contributed by atoms with E-state index >= 15 is 0 Å². The van der Waals surface area contributed by atoms with Crippen molar-refractivity contribution in [3.63, 3.8) is 0 Å². The van der Waals surface area contributed by atoms with Crippen LogP contribution in [0.5, 0.6) is 5.75 Å². The molecule has 0 aliphatic rings. The van der Waals surface area contributed by atoms with Crippen molar-refractivity contribution < 1.29 is 9.47 Å². The van der Waals surface area contributed by atoms with Crippen molar-refractivity contribution in [1.29, 1.82) is 0 Å². The average molecular weight is 344 g/mol. The highest BCUT2D eigenvalue weighted by Crippen LogP contribution is 2.32. The SMILES string of the molecule is CCNC(CCC(C)(C)OC)c1cc(OC)ccc1Br. The monoisotopic (exact) mass is 343 g/mol. The largest absolute Gasteiger partial charge is 0.497 e. The zero-order valence-electron chi connectivity index (χ0n) is 13.1. The summed E-state index contributed by atoms with van der Waals surface area (Å²) in [5.41, 5.74) is 1.14. The second kappa shape index (κ2) is 8.01. The summed E-state index contributed by atoms with van der Waals surface area (Å²) in [6, 6.07) is 6.39. The standard InChI is InChI=1S/C16H26BrNO2/c1-6-18-15(9-10-16(2,3)20-5)13-11-12(19-4)7-8-14(13)17/h7-8,11,15,18H,6,9-10H2,1-5H3. The van der Waals surface area contributed by atoms with Gasteiger partial charge in [0.15, 0.2) is 0 Å². The van der Waals surface area contributed by atoms with Crippen molar-refractivity contribution in [3.8, 4) is 5.75 Å². The van der Waals surface area contributed by atoms with Crippen LogP contribution in [0.3, 0.4) is 0 Å². The minimum atomic E-state index is -0.0982. The zero-order chi connectivity index (χ0) is 15.2. The molecule has 0 aromatic heterocycles. The van der Waals surface area contributed by atoms with Crippen LogP contribution in [0.2, 0.25) is 0 Å². The lowest BCUT2D eigenvalue weighted by Crippen LogP contribution is -2.27. The average Bonchev–Trinajstić information content (AvgIpc) is 2.44. The first kappa shape index (κ1) is 17.5. The van der Waals surface area contributed by atoms with E-state index in [1.807, 2.05) is 12.1 Å². The van der Waals surface area contributed by atoms with Gasteiger partial charge in [0, 0.05) is 17.6 Å². The maximum absolute atomic E-state index is 5.51. The molecule has 0 bridgehead atoms. The maximum atomic E-state index is 5.51. The van der Waals surface area contributed by atoms with Gasteiger partial charge in [0.05, 0.1) is 12.7 Å². The molecule has 0 aliphatic heterocycles. The smallest absolute Gasteiger partial charge is 0.119 e. The molecule has 1 atom stereocenters. The molecule has 0 saturated heterocycles. The quantitative estimate of drug-likeness (QED) is 0.762. The van der Waals surface area contributed by atoms with E-state index in [4.69, 9.17) is 9.47 Å².